The number of rotatable bonds is 4. The number of hydrogen-bond acceptors (Lipinski definition) is 5. The fraction of sp³-hybridized carbons (Fsp3) is 0.529. The Kier molecular flexibility index (Phi) is 4.26. The van der Waals surface area contributed by atoms with Crippen molar-refractivity contribution in [2.75, 3.05) is 18.0 Å². The predicted octanol–water partition coefficient (Wildman–Crippen LogP) is 3.24. The Balaban J connectivity index is 2.09. The first-order chi connectivity index (χ1) is 11.4. The molecular formula is C17H22N4O3. The highest BCUT2D eigenvalue weighted by atomic mass is 16.6. The minimum Gasteiger partial charge on any atom is -0.365 e. The van der Waals surface area contributed by atoms with Crippen LogP contribution in [0, 0.1) is 15.5 Å². The Morgan fingerprint density at radius 2 is 2.25 bits per heavy atom. The van der Waals surface area contributed by atoms with Crippen LogP contribution in [0.15, 0.2) is 23.3 Å². The molecule has 0 amide bonds. The van der Waals surface area contributed by atoms with E-state index in [0.29, 0.717) is 11.2 Å². The Bertz CT molecular complexity index is 828. The number of aromatic nitrogens is 2. The van der Waals surface area contributed by atoms with Gasteiger partial charge in [-0.25, -0.2) is 4.98 Å². The molecule has 1 fully saturated rings. The normalized spacial score (nSPS) is 21.2. The molecule has 0 bridgehead atoms. The Morgan fingerprint density at radius 3 is 2.96 bits per heavy atom. The summed E-state index contributed by atoms with van der Waals surface area (Å²) in [7, 11) is 0. The molecule has 3 rings (SSSR count). The number of nitrogens with zero attached hydrogens (tertiary/aromatic N) is 3. The summed E-state index contributed by atoms with van der Waals surface area (Å²) in [6, 6.07) is 3.03. The largest absolute Gasteiger partial charge is 0.365 e. The quantitative estimate of drug-likeness (QED) is 0.686. The van der Waals surface area contributed by atoms with Crippen LogP contribution in [0.2, 0.25) is 0 Å². The molecule has 1 aliphatic rings. The van der Waals surface area contributed by atoms with Gasteiger partial charge in [0.2, 0.25) is 0 Å². The van der Waals surface area contributed by atoms with E-state index < -0.39 is 4.92 Å². The second kappa shape index (κ2) is 6.22. The van der Waals surface area contributed by atoms with Crippen LogP contribution in [0.4, 0.5) is 11.4 Å². The maximum Gasteiger partial charge on any atom is 0.293 e. The van der Waals surface area contributed by atoms with Crippen molar-refractivity contribution in [1.82, 2.24) is 9.97 Å². The van der Waals surface area contributed by atoms with Crippen LogP contribution in [-0.4, -0.2) is 28.0 Å². The molecule has 128 valence electrons. The van der Waals surface area contributed by atoms with Crippen molar-refractivity contribution in [3.63, 3.8) is 0 Å². The Morgan fingerprint density at radius 1 is 1.46 bits per heavy atom. The summed E-state index contributed by atoms with van der Waals surface area (Å²) in [6.07, 6.45) is 5.67. The first-order valence-corrected chi connectivity index (χ1v) is 8.34. The van der Waals surface area contributed by atoms with Crippen molar-refractivity contribution < 1.29 is 4.92 Å². The fourth-order valence-electron chi connectivity index (χ4n) is 3.82. The van der Waals surface area contributed by atoms with Gasteiger partial charge < -0.3 is 9.88 Å². The van der Waals surface area contributed by atoms with E-state index in [1.807, 2.05) is 0 Å². The number of nitrogens with one attached hydrogen (secondary N) is 1. The van der Waals surface area contributed by atoms with Crippen molar-refractivity contribution in [3.8, 4) is 0 Å². The summed E-state index contributed by atoms with van der Waals surface area (Å²) in [5, 5.41) is 11.8. The van der Waals surface area contributed by atoms with Gasteiger partial charge >= 0.3 is 0 Å². The minimum atomic E-state index is -0.410. The van der Waals surface area contributed by atoms with Crippen LogP contribution in [0.5, 0.6) is 0 Å². The maximum atomic E-state index is 11.9. The van der Waals surface area contributed by atoms with E-state index in [1.165, 1.54) is 12.4 Å². The maximum absolute atomic E-state index is 11.9. The van der Waals surface area contributed by atoms with Crippen LogP contribution in [0.3, 0.4) is 0 Å². The first kappa shape index (κ1) is 16.4. The number of benzene rings is 1. The van der Waals surface area contributed by atoms with Crippen molar-refractivity contribution in [2.45, 2.75) is 39.5 Å². The van der Waals surface area contributed by atoms with E-state index in [-0.39, 0.29) is 22.0 Å². The summed E-state index contributed by atoms with van der Waals surface area (Å²) in [6.45, 7) is 5.99. The SMILES string of the molecule is CCCC1(C)CCCN(c2cc3nc[nH]c(=O)c3cc2[N+](=O)[O-])C1. The van der Waals surface area contributed by atoms with Gasteiger partial charge in [-0.2, -0.15) is 0 Å². The van der Waals surface area contributed by atoms with E-state index in [4.69, 9.17) is 0 Å². The smallest absolute Gasteiger partial charge is 0.293 e. The zero-order valence-electron chi connectivity index (χ0n) is 14.0. The first-order valence-electron chi connectivity index (χ1n) is 8.34. The number of aromatic amines is 1. The zero-order valence-corrected chi connectivity index (χ0v) is 14.0. The molecule has 2 heterocycles. The zero-order chi connectivity index (χ0) is 17.3. The number of hydrogen-bond donors (Lipinski definition) is 1. The van der Waals surface area contributed by atoms with Crippen LogP contribution in [-0.2, 0) is 0 Å². The second-order valence-corrected chi connectivity index (χ2v) is 6.93. The van der Waals surface area contributed by atoms with Gasteiger partial charge in [-0.3, -0.25) is 14.9 Å². The average molecular weight is 330 g/mol. The molecule has 0 spiro atoms. The lowest BCUT2D eigenvalue weighted by molar-refractivity contribution is -0.384. The standard InChI is InChI=1S/C17H22N4O3/c1-3-5-17(2)6-4-7-20(10-17)14-9-13-12(8-15(14)21(23)24)16(22)19-11-18-13/h8-9,11H,3-7,10H2,1-2H3,(H,18,19,22). The Hall–Kier alpha value is -2.44. The van der Waals surface area contributed by atoms with E-state index in [9.17, 15) is 14.9 Å². The third-order valence-corrected chi connectivity index (χ3v) is 4.91. The Labute approximate surface area is 139 Å². The highest BCUT2D eigenvalue weighted by molar-refractivity contribution is 5.87. The molecule has 1 aromatic heterocycles. The molecule has 1 N–H and O–H groups in total. The van der Waals surface area contributed by atoms with Crippen LogP contribution in [0.25, 0.3) is 10.9 Å². The number of nitro benzene ring substituents is 1. The number of fused-ring (bicyclic) bond motifs is 1. The minimum absolute atomic E-state index is 0.0262. The second-order valence-electron chi connectivity index (χ2n) is 6.93. The average Bonchev–Trinajstić information content (AvgIpc) is 2.54. The number of piperidine rings is 1. The summed E-state index contributed by atoms with van der Waals surface area (Å²) < 4.78 is 0. The van der Waals surface area contributed by atoms with Crippen molar-refractivity contribution in [2.24, 2.45) is 5.41 Å². The molecule has 1 aliphatic heterocycles. The molecular weight excluding hydrogens is 308 g/mol. The van der Waals surface area contributed by atoms with Gasteiger partial charge in [-0.05, 0) is 30.7 Å². The lowest BCUT2D eigenvalue weighted by Crippen LogP contribution is -2.42. The molecule has 2 aromatic rings. The predicted molar refractivity (Wildman–Crippen MR) is 93.5 cm³/mol. The molecule has 0 saturated carbocycles. The fourth-order valence-corrected chi connectivity index (χ4v) is 3.82. The van der Waals surface area contributed by atoms with Gasteiger partial charge in [-0.15, -0.1) is 0 Å². The third kappa shape index (κ3) is 2.98. The summed E-state index contributed by atoms with van der Waals surface area (Å²) in [4.78, 5) is 31.8. The van der Waals surface area contributed by atoms with E-state index in [0.717, 1.165) is 38.8 Å². The molecule has 1 aromatic carbocycles. The van der Waals surface area contributed by atoms with Gasteiger partial charge in [0.25, 0.3) is 11.2 Å². The molecule has 0 radical (unpaired) electrons. The molecule has 24 heavy (non-hydrogen) atoms. The van der Waals surface area contributed by atoms with Crippen LogP contribution in [0.1, 0.15) is 39.5 Å². The molecule has 1 atom stereocenters. The van der Waals surface area contributed by atoms with Gasteiger partial charge in [0.1, 0.15) is 5.69 Å². The molecule has 7 nitrogen and oxygen atoms in total. The highest BCUT2D eigenvalue weighted by Gasteiger charge is 2.33. The third-order valence-electron chi connectivity index (χ3n) is 4.91. The lowest BCUT2D eigenvalue weighted by Gasteiger charge is -2.41. The highest BCUT2D eigenvalue weighted by Crippen LogP contribution is 2.39. The monoisotopic (exact) mass is 330 g/mol. The van der Waals surface area contributed by atoms with Gasteiger partial charge in [0.15, 0.2) is 0 Å². The van der Waals surface area contributed by atoms with E-state index in [2.05, 4.69) is 28.7 Å². The summed E-state index contributed by atoms with van der Waals surface area (Å²) >= 11 is 0. The van der Waals surface area contributed by atoms with Crippen LogP contribution < -0.4 is 10.5 Å². The lowest BCUT2D eigenvalue weighted by atomic mass is 9.78. The number of H-pyrrole nitrogens is 1. The van der Waals surface area contributed by atoms with E-state index >= 15 is 0 Å². The van der Waals surface area contributed by atoms with Crippen LogP contribution >= 0.6 is 0 Å². The number of anilines is 1. The molecule has 0 aliphatic carbocycles. The molecule has 1 unspecified atom stereocenters. The topological polar surface area (TPSA) is 92.1 Å². The summed E-state index contributed by atoms with van der Waals surface area (Å²) in [5.74, 6) is 0. The number of nitro groups is 1. The van der Waals surface area contributed by atoms with Crippen molar-refractivity contribution in [1.29, 1.82) is 0 Å². The van der Waals surface area contributed by atoms with E-state index in [1.54, 1.807) is 6.07 Å². The van der Waals surface area contributed by atoms with Gasteiger partial charge in [-0.1, -0.05) is 20.3 Å². The van der Waals surface area contributed by atoms with Gasteiger partial charge in [0, 0.05) is 19.2 Å². The molecule has 1 saturated heterocycles. The van der Waals surface area contributed by atoms with Crippen molar-refractivity contribution >= 4 is 22.3 Å². The molecule has 7 heteroatoms. The van der Waals surface area contributed by atoms with Gasteiger partial charge in [0.05, 0.1) is 22.2 Å². The summed E-state index contributed by atoms with van der Waals surface area (Å²) in [5.41, 5.74) is 0.831. The van der Waals surface area contributed by atoms with Crippen molar-refractivity contribution in [3.05, 3.63) is 38.9 Å².